The lowest BCUT2D eigenvalue weighted by molar-refractivity contribution is -0.307. The number of carboxylic acids is 1. The smallest absolute Gasteiger partial charge is 0.495 e. The Balaban J connectivity index is 3.53. The van der Waals surface area contributed by atoms with Crippen LogP contribution in [-0.4, -0.2) is 18.3 Å². The second-order valence-electron chi connectivity index (χ2n) is 1.74. The first-order chi connectivity index (χ1) is 4.52. The van der Waals surface area contributed by atoms with E-state index in [0.717, 1.165) is 0 Å². The summed E-state index contributed by atoms with van der Waals surface area (Å²) < 4.78 is 15.2. The fraction of sp³-hybridized carbons (Fsp3) is 0.600. The topological polar surface area (TPSA) is 66.4 Å². The van der Waals surface area contributed by atoms with Crippen molar-refractivity contribution < 1.29 is 23.8 Å². The number of aliphatic carboxylic acids is 1. The lowest BCUT2D eigenvalue weighted by Crippen LogP contribution is -2.27. The number of rotatable bonds is 3. The Morgan fingerprint density at radius 3 is 2.50 bits per heavy atom. The highest BCUT2D eigenvalue weighted by Gasteiger charge is 2.07. The molecule has 1 atom stereocenters. The third kappa shape index (κ3) is 5.02. The van der Waals surface area contributed by atoms with Gasteiger partial charge < -0.3 is 14.6 Å². The minimum absolute atomic E-state index is 0.490. The molecule has 0 aromatic heterocycles. The third-order valence-corrected chi connectivity index (χ3v) is 0.748. The van der Waals surface area contributed by atoms with Gasteiger partial charge in [-0.2, -0.15) is 0 Å². The summed E-state index contributed by atoms with van der Waals surface area (Å²) in [6.07, 6.45) is -3.44. The van der Waals surface area contributed by atoms with Crippen LogP contribution in [0.5, 0.6) is 0 Å². The van der Waals surface area contributed by atoms with Crippen LogP contribution in [0.15, 0.2) is 0 Å². The molecule has 0 aliphatic rings. The highest BCUT2D eigenvalue weighted by molar-refractivity contribution is 5.65. The maximum absolute atomic E-state index is 11.3. The number of carbonyl (C=O) groups is 2. The number of ether oxygens (including phenoxy) is 1. The molecule has 0 radical (unpaired) electrons. The number of carbonyl (C=O) groups excluding carboxylic acids is 2. The first kappa shape index (κ1) is 8.87. The molecule has 0 saturated carbocycles. The summed E-state index contributed by atoms with van der Waals surface area (Å²) in [6.45, 7) is 1.26. The van der Waals surface area contributed by atoms with Gasteiger partial charge in [-0.3, -0.25) is 0 Å². The van der Waals surface area contributed by atoms with Crippen LogP contribution in [0.4, 0.5) is 9.18 Å². The van der Waals surface area contributed by atoms with Crippen LogP contribution >= 0.6 is 0 Å². The van der Waals surface area contributed by atoms with E-state index < -0.39 is 24.7 Å². The lowest BCUT2D eigenvalue weighted by atomic mass is 10.3. The Bertz CT molecular complexity index is 129. The van der Waals surface area contributed by atoms with Crippen LogP contribution in [0.2, 0.25) is 0 Å². The minimum atomic E-state index is -1.98. The Morgan fingerprint density at radius 2 is 2.20 bits per heavy atom. The van der Waals surface area contributed by atoms with Crippen LogP contribution in [0, 0.1) is 0 Å². The molecule has 0 bridgehead atoms. The Labute approximate surface area is 56.6 Å². The molecule has 0 fully saturated rings. The molecular formula is C5H6FO4-. The number of carboxylic acid groups (broad SMARTS) is 1. The molecule has 0 aliphatic carbocycles. The maximum atomic E-state index is 11.3. The van der Waals surface area contributed by atoms with E-state index in [-0.39, 0.29) is 0 Å². The fourth-order valence-electron chi connectivity index (χ4n) is 0.435. The van der Waals surface area contributed by atoms with E-state index in [1.807, 2.05) is 0 Å². The number of hydrogen-bond acceptors (Lipinski definition) is 4. The molecule has 0 aromatic rings. The zero-order chi connectivity index (χ0) is 8.15. The molecule has 0 saturated heterocycles. The van der Waals surface area contributed by atoms with Crippen LogP contribution < -0.4 is 5.11 Å². The molecule has 0 aromatic carbocycles. The second-order valence-corrected chi connectivity index (χ2v) is 1.74. The first-order valence-corrected chi connectivity index (χ1v) is 2.58. The summed E-state index contributed by atoms with van der Waals surface area (Å²) in [5.41, 5.74) is 0. The summed E-state index contributed by atoms with van der Waals surface area (Å²) in [5.74, 6) is -1.38. The SMILES string of the molecule is CC(CC(=O)[O-])OC(=O)F. The van der Waals surface area contributed by atoms with Crippen LogP contribution in [0.25, 0.3) is 0 Å². The first-order valence-electron chi connectivity index (χ1n) is 2.58. The monoisotopic (exact) mass is 149 g/mol. The van der Waals surface area contributed by atoms with Gasteiger partial charge in [-0.05, 0) is 6.92 Å². The van der Waals surface area contributed by atoms with Crippen molar-refractivity contribution in [1.82, 2.24) is 0 Å². The van der Waals surface area contributed by atoms with E-state index in [1.165, 1.54) is 6.92 Å². The predicted molar refractivity (Wildman–Crippen MR) is 26.7 cm³/mol. The van der Waals surface area contributed by atoms with Crippen LogP contribution in [-0.2, 0) is 9.53 Å². The predicted octanol–water partition coefficient (Wildman–Crippen LogP) is -0.379. The Morgan fingerprint density at radius 1 is 1.70 bits per heavy atom. The molecule has 10 heavy (non-hydrogen) atoms. The number of halogens is 1. The Hall–Kier alpha value is -1.13. The molecule has 1 unspecified atom stereocenters. The van der Waals surface area contributed by atoms with Crippen molar-refractivity contribution >= 4 is 12.2 Å². The van der Waals surface area contributed by atoms with Crippen molar-refractivity contribution in [2.45, 2.75) is 19.4 Å². The summed E-state index contributed by atoms with van der Waals surface area (Å²) in [7, 11) is 0. The van der Waals surface area contributed by atoms with Gasteiger partial charge in [0.1, 0.15) is 6.10 Å². The van der Waals surface area contributed by atoms with Gasteiger partial charge in [-0.1, -0.05) is 0 Å². The van der Waals surface area contributed by atoms with Crippen molar-refractivity contribution in [1.29, 1.82) is 0 Å². The summed E-state index contributed by atoms with van der Waals surface area (Å²) in [4.78, 5) is 19.3. The van der Waals surface area contributed by atoms with Crippen LogP contribution in [0.3, 0.4) is 0 Å². The fourth-order valence-corrected chi connectivity index (χ4v) is 0.435. The van der Waals surface area contributed by atoms with Gasteiger partial charge in [0.2, 0.25) is 0 Å². The molecule has 5 heteroatoms. The molecule has 0 spiro atoms. The van der Waals surface area contributed by atoms with Gasteiger partial charge in [0.15, 0.2) is 0 Å². The van der Waals surface area contributed by atoms with E-state index in [9.17, 15) is 19.1 Å². The van der Waals surface area contributed by atoms with Crippen molar-refractivity contribution in [3.63, 3.8) is 0 Å². The van der Waals surface area contributed by atoms with E-state index >= 15 is 0 Å². The highest BCUT2D eigenvalue weighted by atomic mass is 19.1. The lowest BCUT2D eigenvalue weighted by Gasteiger charge is -2.09. The summed E-state index contributed by atoms with van der Waals surface area (Å²) >= 11 is 0. The third-order valence-electron chi connectivity index (χ3n) is 0.748. The van der Waals surface area contributed by atoms with E-state index in [1.54, 1.807) is 0 Å². The van der Waals surface area contributed by atoms with Crippen molar-refractivity contribution in [2.75, 3.05) is 0 Å². The van der Waals surface area contributed by atoms with E-state index in [2.05, 4.69) is 4.74 Å². The number of hydrogen-bond donors (Lipinski definition) is 0. The molecular weight excluding hydrogens is 143 g/mol. The normalized spacial score (nSPS) is 12.2. The molecule has 0 N–H and O–H groups in total. The molecule has 0 aliphatic heterocycles. The molecule has 0 heterocycles. The van der Waals surface area contributed by atoms with Gasteiger partial charge in [0.25, 0.3) is 0 Å². The average molecular weight is 149 g/mol. The molecule has 58 valence electrons. The van der Waals surface area contributed by atoms with E-state index in [4.69, 9.17) is 0 Å². The summed E-state index contributed by atoms with van der Waals surface area (Å²) in [5, 5.41) is 9.77. The maximum Gasteiger partial charge on any atom is 0.495 e. The van der Waals surface area contributed by atoms with Gasteiger partial charge in [-0.25, -0.2) is 4.79 Å². The van der Waals surface area contributed by atoms with Crippen molar-refractivity contribution in [2.24, 2.45) is 0 Å². The van der Waals surface area contributed by atoms with Gasteiger partial charge in [0, 0.05) is 12.4 Å². The van der Waals surface area contributed by atoms with Crippen molar-refractivity contribution in [3.05, 3.63) is 0 Å². The highest BCUT2D eigenvalue weighted by Crippen LogP contribution is 1.97. The zero-order valence-corrected chi connectivity index (χ0v) is 5.30. The minimum Gasteiger partial charge on any atom is -0.550 e. The van der Waals surface area contributed by atoms with E-state index in [0.29, 0.717) is 0 Å². The Kier molecular flexibility index (Phi) is 3.38. The molecule has 0 amide bonds. The largest absolute Gasteiger partial charge is 0.550 e. The van der Waals surface area contributed by atoms with Gasteiger partial charge >= 0.3 is 6.22 Å². The average Bonchev–Trinajstić information content (AvgIpc) is 1.58. The molecule has 4 nitrogen and oxygen atoms in total. The van der Waals surface area contributed by atoms with Gasteiger partial charge in [0.05, 0.1) is 0 Å². The zero-order valence-electron chi connectivity index (χ0n) is 5.30. The van der Waals surface area contributed by atoms with Gasteiger partial charge in [-0.15, -0.1) is 4.39 Å². The quantitative estimate of drug-likeness (QED) is 0.513. The standard InChI is InChI=1S/C5H7FO4/c1-3(2-4(7)8)10-5(6)9/h3H,2H2,1H3,(H,7,8)/p-1. The second kappa shape index (κ2) is 3.81. The van der Waals surface area contributed by atoms with Crippen LogP contribution in [0.1, 0.15) is 13.3 Å². The van der Waals surface area contributed by atoms with Crippen molar-refractivity contribution in [3.8, 4) is 0 Å². The summed E-state index contributed by atoms with van der Waals surface area (Å²) in [6, 6.07) is 0. The molecule has 0 rings (SSSR count).